The summed E-state index contributed by atoms with van der Waals surface area (Å²) in [6, 6.07) is 0. The summed E-state index contributed by atoms with van der Waals surface area (Å²) in [5.74, 6) is 0. The van der Waals surface area contributed by atoms with Gasteiger partial charge >= 0.3 is 6.09 Å². The molecule has 0 aliphatic carbocycles. The van der Waals surface area contributed by atoms with Gasteiger partial charge in [0.1, 0.15) is 11.9 Å². The Kier molecular flexibility index (Phi) is 9.89. The normalized spacial score (nSPS) is 10.2. The van der Waals surface area contributed by atoms with Gasteiger partial charge in [-0.15, -0.1) is 0 Å². The van der Waals surface area contributed by atoms with Gasteiger partial charge in [-0.1, -0.05) is 0 Å². The van der Waals surface area contributed by atoms with Crippen LogP contribution in [0.25, 0.3) is 0 Å². The predicted molar refractivity (Wildman–Crippen MR) is 62.4 cm³/mol. The molecule has 0 saturated carbocycles. The van der Waals surface area contributed by atoms with E-state index in [1.54, 1.807) is 27.9 Å². The summed E-state index contributed by atoms with van der Waals surface area (Å²) in [6.07, 6.45) is 0.420. The Balaban J connectivity index is 0. The molecular weight excluding hydrogens is 210 g/mol. The number of amides is 1. The molecule has 0 spiro atoms. The summed E-state index contributed by atoms with van der Waals surface area (Å²) in [7, 11) is 1.70. The standard InChI is InChI=1S/C7H13NO3.C4H10O/c1-7(2,3)11-6(10)8-4-5-9;1-4(2)5-3/h5H,4H2,1-3H3,(H,8,10);4H,1-3H3. The van der Waals surface area contributed by atoms with Gasteiger partial charge in [0.05, 0.1) is 12.6 Å². The van der Waals surface area contributed by atoms with E-state index in [4.69, 9.17) is 9.47 Å². The molecule has 5 nitrogen and oxygen atoms in total. The number of ether oxygens (including phenoxy) is 2. The number of carbonyl (C=O) groups excluding carboxylic acids is 2. The first-order valence-electron chi connectivity index (χ1n) is 5.16. The average molecular weight is 233 g/mol. The van der Waals surface area contributed by atoms with Crippen molar-refractivity contribution in [3.8, 4) is 0 Å². The molecule has 0 bridgehead atoms. The van der Waals surface area contributed by atoms with Crippen molar-refractivity contribution >= 4 is 12.4 Å². The van der Waals surface area contributed by atoms with Gasteiger partial charge in [-0.2, -0.15) is 0 Å². The van der Waals surface area contributed by atoms with Crippen LogP contribution in [0.2, 0.25) is 0 Å². The van der Waals surface area contributed by atoms with E-state index in [2.05, 4.69) is 5.32 Å². The second-order valence-electron chi connectivity index (χ2n) is 4.33. The molecule has 0 aromatic rings. The van der Waals surface area contributed by atoms with E-state index in [1.165, 1.54) is 0 Å². The van der Waals surface area contributed by atoms with Crippen LogP contribution in [0.1, 0.15) is 34.6 Å². The molecule has 0 aliphatic heterocycles. The van der Waals surface area contributed by atoms with Crippen molar-refractivity contribution in [1.82, 2.24) is 5.32 Å². The Morgan fingerprint density at radius 1 is 1.38 bits per heavy atom. The highest BCUT2D eigenvalue weighted by Gasteiger charge is 2.14. The minimum Gasteiger partial charge on any atom is -0.444 e. The summed E-state index contributed by atoms with van der Waals surface area (Å²) in [5, 5.41) is 2.26. The predicted octanol–water partition coefficient (Wildman–Crippen LogP) is 1.75. The second-order valence-corrected chi connectivity index (χ2v) is 4.33. The van der Waals surface area contributed by atoms with Gasteiger partial charge in [-0.05, 0) is 34.6 Å². The number of nitrogens with one attached hydrogen (secondary N) is 1. The van der Waals surface area contributed by atoms with Crippen molar-refractivity contribution in [1.29, 1.82) is 0 Å². The zero-order valence-electron chi connectivity index (χ0n) is 11.0. The highest BCUT2D eigenvalue weighted by atomic mass is 16.6. The molecule has 5 heteroatoms. The average Bonchev–Trinajstić information content (AvgIpc) is 2.13. The lowest BCUT2D eigenvalue weighted by molar-refractivity contribution is -0.107. The maximum absolute atomic E-state index is 10.7. The largest absolute Gasteiger partial charge is 0.444 e. The molecule has 1 N–H and O–H groups in total. The minimum absolute atomic E-state index is 0.00505. The van der Waals surface area contributed by atoms with Crippen molar-refractivity contribution in [2.75, 3.05) is 13.7 Å². The van der Waals surface area contributed by atoms with Gasteiger partial charge in [0.25, 0.3) is 0 Å². The van der Waals surface area contributed by atoms with Gasteiger partial charge in [0.2, 0.25) is 0 Å². The number of aldehydes is 1. The minimum atomic E-state index is -0.565. The van der Waals surface area contributed by atoms with Gasteiger partial charge in [0.15, 0.2) is 0 Å². The van der Waals surface area contributed by atoms with Crippen LogP contribution in [0.3, 0.4) is 0 Å². The molecule has 0 saturated heterocycles. The third-order valence-corrected chi connectivity index (χ3v) is 1.20. The first kappa shape index (κ1) is 17.3. The van der Waals surface area contributed by atoms with E-state index in [-0.39, 0.29) is 6.54 Å². The van der Waals surface area contributed by atoms with E-state index in [1.807, 2.05) is 13.8 Å². The fourth-order valence-corrected chi connectivity index (χ4v) is 0.439. The van der Waals surface area contributed by atoms with E-state index >= 15 is 0 Å². The maximum Gasteiger partial charge on any atom is 0.408 e. The Morgan fingerprint density at radius 3 is 2.06 bits per heavy atom. The Morgan fingerprint density at radius 2 is 1.81 bits per heavy atom. The van der Waals surface area contributed by atoms with Crippen LogP contribution in [0.15, 0.2) is 0 Å². The van der Waals surface area contributed by atoms with Crippen LogP contribution in [0.5, 0.6) is 0 Å². The van der Waals surface area contributed by atoms with E-state index in [0.717, 1.165) is 0 Å². The fourth-order valence-electron chi connectivity index (χ4n) is 0.439. The molecule has 0 unspecified atom stereocenters. The van der Waals surface area contributed by atoms with E-state index < -0.39 is 11.7 Å². The molecule has 1 amide bonds. The smallest absolute Gasteiger partial charge is 0.408 e. The van der Waals surface area contributed by atoms with Crippen molar-refractivity contribution < 1.29 is 19.1 Å². The summed E-state index contributed by atoms with van der Waals surface area (Å²) < 4.78 is 9.58. The fraction of sp³-hybridized carbons (Fsp3) is 0.818. The Bertz CT molecular complexity index is 197. The Hall–Kier alpha value is -1.10. The molecule has 0 aliphatic rings. The summed E-state index contributed by atoms with van der Waals surface area (Å²) in [4.78, 5) is 20.5. The number of alkyl carbamates (subject to hydrolysis) is 1. The van der Waals surface area contributed by atoms with Crippen molar-refractivity contribution in [3.63, 3.8) is 0 Å². The van der Waals surface area contributed by atoms with Gasteiger partial charge in [0, 0.05) is 7.11 Å². The van der Waals surface area contributed by atoms with Crippen molar-refractivity contribution in [3.05, 3.63) is 0 Å². The molecule has 96 valence electrons. The molecule has 0 atom stereocenters. The van der Waals surface area contributed by atoms with Crippen LogP contribution in [-0.2, 0) is 14.3 Å². The summed E-state index contributed by atoms with van der Waals surface area (Å²) >= 11 is 0. The molecule has 0 aromatic heterocycles. The van der Waals surface area contributed by atoms with Crippen LogP contribution in [0.4, 0.5) is 4.79 Å². The van der Waals surface area contributed by atoms with E-state index in [0.29, 0.717) is 12.4 Å². The monoisotopic (exact) mass is 233 g/mol. The van der Waals surface area contributed by atoms with Crippen molar-refractivity contribution in [2.24, 2.45) is 0 Å². The lowest BCUT2D eigenvalue weighted by atomic mass is 10.2. The lowest BCUT2D eigenvalue weighted by Gasteiger charge is -2.18. The number of hydrogen-bond acceptors (Lipinski definition) is 4. The lowest BCUT2D eigenvalue weighted by Crippen LogP contribution is -2.33. The second kappa shape index (κ2) is 9.15. The zero-order chi connectivity index (χ0) is 13.2. The van der Waals surface area contributed by atoms with Crippen LogP contribution >= 0.6 is 0 Å². The topological polar surface area (TPSA) is 64.6 Å². The van der Waals surface area contributed by atoms with Crippen LogP contribution in [0, 0.1) is 0 Å². The number of methoxy groups -OCH3 is 1. The molecule has 0 aromatic carbocycles. The van der Waals surface area contributed by atoms with Crippen molar-refractivity contribution in [2.45, 2.75) is 46.3 Å². The van der Waals surface area contributed by atoms with Gasteiger partial charge in [-0.25, -0.2) is 4.79 Å². The summed E-state index contributed by atoms with van der Waals surface area (Å²) in [5.41, 5.74) is -0.507. The molecule has 16 heavy (non-hydrogen) atoms. The number of hydrogen-bond donors (Lipinski definition) is 1. The highest BCUT2D eigenvalue weighted by molar-refractivity contribution is 5.71. The quantitative estimate of drug-likeness (QED) is 0.754. The molecule has 0 fully saturated rings. The molecular formula is C11H23NO4. The van der Waals surface area contributed by atoms with Crippen LogP contribution < -0.4 is 5.32 Å². The van der Waals surface area contributed by atoms with Gasteiger partial charge < -0.3 is 19.6 Å². The molecule has 0 heterocycles. The first-order chi connectivity index (χ1) is 7.22. The van der Waals surface area contributed by atoms with Crippen LogP contribution in [-0.4, -0.2) is 37.7 Å². The third kappa shape index (κ3) is 18.6. The van der Waals surface area contributed by atoms with Gasteiger partial charge in [-0.3, -0.25) is 0 Å². The molecule has 0 radical (unpaired) electrons. The number of rotatable bonds is 3. The SMILES string of the molecule is CC(C)(C)OC(=O)NCC=O.COC(C)C. The first-order valence-corrected chi connectivity index (χ1v) is 5.16. The molecule has 0 rings (SSSR count). The zero-order valence-corrected chi connectivity index (χ0v) is 11.0. The summed E-state index contributed by atoms with van der Waals surface area (Å²) in [6.45, 7) is 9.27. The third-order valence-electron chi connectivity index (χ3n) is 1.20. The number of carbonyl (C=O) groups is 2. The van der Waals surface area contributed by atoms with E-state index in [9.17, 15) is 9.59 Å². The highest BCUT2D eigenvalue weighted by Crippen LogP contribution is 2.05. The Labute approximate surface area is 97.5 Å². The maximum atomic E-state index is 10.7.